The molecule has 1 aliphatic heterocycles. The number of rotatable bonds is 5. The molecule has 0 aliphatic carbocycles. The molecule has 2 heterocycles. The lowest BCUT2D eigenvalue weighted by molar-refractivity contribution is 0.182. The highest BCUT2D eigenvalue weighted by molar-refractivity contribution is 5.53. The Morgan fingerprint density at radius 2 is 1.67 bits per heavy atom. The SMILES string of the molecule is COc1ccc(N2CCN(Cn3nnc(-c4ccc(F)cc4)n3)CC2)cc1. The topological polar surface area (TPSA) is 59.3 Å². The van der Waals surface area contributed by atoms with E-state index >= 15 is 0 Å². The minimum Gasteiger partial charge on any atom is -0.497 e. The van der Waals surface area contributed by atoms with Gasteiger partial charge in [0.05, 0.1) is 7.11 Å². The number of ether oxygens (including phenoxy) is 1. The van der Waals surface area contributed by atoms with Crippen LogP contribution in [0.2, 0.25) is 0 Å². The quantitative estimate of drug-likeness (QED) is 0.689. The summed E-state index contributed by atoms with van der Waals surface area (Å²) in [4.78, 5) is 6.23. The van der Waals surface area contributed by atoms with E-state index in [9.17, 15) is 4.39 Å². The second-order valence-electron chi connectivity index (χ2n) is 6.44. The highest BCUT2D eigenvalue weighted by Gasteiger charge is 2.18. The first-order chi connectivity index (χ1) is 13.2. The Bertz CT molecular complexity index is 872. The number of hydrogen-bond acceptors (Lipinski definition) is 6. The number of aromatic nitrogens is 4. The Balaban J connectivity index is 1.33. The Hall–Kier alpha value is -3.00. The van der Waals surface area contributed by atoms with Gasteiger partial charge in [0.15, 0.2) is 0 Å². The number of nitrogens with zero attached hydrogens (tertiary/aromatic N) is 6. The van der Waals surface area contributed by atoms with Crippen LogP contribution in [-0.2, 0) is 6.67 Å². The van der Waals surface area contributed by atoms with Gasteiger partial charge >= 0.3 is 0 Å². The molecule has 0 atom stereocenters. The number of benzene rings is 2. The maximum atomic E-state index is 13.0. The maximum absolute atomic E-state index is 13.0. The summed E-state index contributed by atoms with van der Waals surface area (Å²) in [6, 6.07) is 14.2. The van der Waals surface area contributed by atoms with Crippen molar-refractivity contribution >= 4 is 5.69 Å². The molecule has 0 bridgehead atoms. The van der Waals surface area contributed by atoms with E-state index in [1.165, 1.54) is 17.8 Å². The molecule has 140 valence electrons. The van der Waals surface area contributed by atoms with Gasteiger partial charge in [0.1, 0.15) is 18.2 Å². The Morgan fingerprint density at radius 1 is 0.963 bits per heavy atom. The zero-order valence-corrected chi connectivity index (χ0v) is 15.1. The molecule has 2 aromatic carbocycles. The van der Waals surface area contributed by atoms with Crippen LogP contribution in [0.5, 0.6) is 5.75 Å². The van der Waals surface area contributed by atoms with E-state index in [1.807, 2.05) is 12.1 Å². The van der Waals surface area contributed by atoms with Gasteiger partial charge in [0.2, 0.25) is 5.82 Å². The summed E-state index contributed by atoms with van der Waals surface area (Å²) in [6.07, 6.45) is 0. The minimum absolute atomic E-state index is 0.277. The van der Waals surface area contributed by atoms with Crippen molar-refractivity contribution in [3.05, 3.63) is 54.3 Å². The standard InChI is InChI=1S/C19H21FN6O/c1-27-18-8-6-17(7-9-18)25-12-10-24(11-13-25)14-26-22-19(21-23-26)15-2-4-16(20)5-3-15/h2-9H,10-14H2,1H3. The molecule has 7 nitrogen and oxygen atoms in total. The largest absolute Gasteiger partial charge is 0.497 e. The molecule has 1 aromatic heterocycles. The lowest BCUT2D eigenvalue weighted by Gasteiger charge is -2.35. The van der Waals surface area contributed by atoms with Crippen molar-refractivity contribution in [1.29, 1.82) is 0 Å². The number of hydrogen-bond donors (Lipinski definition) is 0. The predicted molar refractivity (Wildman–Crippen MR) is 100.0 cm³/mol. The summed E-state index contributed by atoms with van der Waals surface area (Å²) in [5, 5.41) is 12.6. The molecule has 0 amide bonds. The smallest absolute Gasteiger partial charge is 0.204 e. The van der Waals surface area contributed by atoms with Crippen molar-refractivity contribution < 1.29 is 9.13 Å². The van der Waals surface area contributed by atoms with E-state index in [0.29, 0.717) is 12.5 Å². The molecule has 1 fully saturated rings. The van der Waals surface area contributed by atoms with Gasteiger partial charge in [-0.25, -0.2) is 4.39 Å². The number of piperazine rings is 1. The number of tetrazole rings is 1. The minimum atomic E-state index is -0.277. The summed E-state index contributed by atoms with van der Waals surface area (Å²) in [7, 11) is 1.67. The number of anilines is 1. The van der Waals surface area contributed by atoms with Crippen molar-refractivity contribution in [2.24, 2.45) is 0 Å². The van der Waals surface area contributed by atoms with Crippen LogP contribution < -0.4 is 9.64 Å². The third kappa shape index (κ3) is 4.06. The lowest BCUT2D eigenvalue weighted by atomic mass is 10.2. The fourth-order valence-corrected chi connectivity index (χ4v) is 3.14. The van der Waals surface area contributed by atoms with E-state index in [-0.39, 0.29) is 5.82 Å². The molecule has 3 aromatic rings. The van der Waals surface area contributed by atoms with Gasteiger partial charge in [-0.1, -0.05) is 0 Å². The molecule has 0 unspecified atom stereocenters. The first-order valence-electron chi connectivity index (χ1n) is 8.86. The fraction of sp³-hybridized carbons (Fsp3) is 0.316. The first-order valence-corrected chi connectivity index (χ1v) is 8.86. The van der Waals surface area contributed by atoms with Crippen LogP contribution in [0.15, 0.2) is 48.5 Å². The van der Waals surface area contributed by atoms with Gasteiger partial charge < -0.3 is 9.64 Å². The monoisotopic (exact) mass is 368 g/mol. The van der Waals surface area contributed by atoms with Crippen molar-refractivity contribution in [1.82, 2.24) is 25.1 Å². The summed E-state index contributed by atoms with van der Waals surface area (Å²) in [5.41, 5.74) is 1.96. The van der Waals surface area contributed by atoms with E-state index in [4.69, 9.17) is 4.74 Å². The van der Waals surface area contributed by atoms with Crippen LogP contribution in [-0.4, -0.2) is 58.4 Å². The van der Waals surface area contributed by atoms with E-state index in [2.05, 4.69) is 37.3 Å². The average Bonchev–Trinajstić information content (AvgIpc) is 3.18. The summed E-state index contributed by atoms with van der Waals surface area (Å²) in [5.74, 6) is 1.10. The predicted octanol–water partition coefficient (Wildman–Crippen LogP) is 2.27. The molecule has 8 heteroatoms. The summed E-state index contributed by atoms with van der Waals surface area (Å²) < 4.78 is 18.2. The lowest BCUT2D eigenvalue weighted by Crippen LogP contribution is -2.47. The Morgan fingerprint density at radius 3 is 2.33 bits per heavy atom. The Labute approximate surface area is 157 Å². The second-order valence-corrected chi connectivity index (χ2v) is 6.44. The molecule has 1 aliphatic rings. The van der Waals surface area contributed by atoms with Gasteiger partial charge in [0, 0.05) is 37.4 Å². The van der Waals surface area contributed by atoms with E-state index in [1.54, 1.807) is 24.0 Å². The molecular weight excluding hydrogens is 347 g/mol. The number of halogens is 1. The first kappa shape index (κ1) is 17.4. The maximum Gasteiger partial charge on any atom is 0.204 e. The summed E-state index contributed by atoms with van der Waals surface area (Å²) >= 11 is 0. The van der Waals surface area contributed by atoms with Gasteiger partial charge in [-0.15, -0.1) is 15.0 Å². The van der Waals surface area contributed by atoms with Crippen LogP contribution in [0, 0.1) is 5.82 Å². The molecule has 0 spiro atoms. The van der Waals surface area contributed by atoms with E-state index in [0.717, 1.165) is 37.5 Å². The van der Waals surface area contributed by atoms with Gasteiger partial charge in [-0.2, -0.15) is 0 Å². The van der Waals surface area contributed by atoms with Gasteiger partial charge in [0.25, 0.3) is 0 Å². The molecule has 4 rings (SSSR count). The fourth-order valence-electron chi connectivity index (χ4n) is 3.14. The Kier molecular flexibility index (Phi) is 4.97. The van der Waals surface area contributed by atoms with Crippen LogP contribution in [0.1, 0.15) is 0 Å². The highest BCUT2D eigenvalue weighted by atomic mass is 19.1. The van der Waals surface area contributed by atoms with Crippen LogP contribution >= 0.6 is 0 Å². The highest BCUT2D eigenvalue weighted by Crippen LogP contribution is 2.20. The van der Waals surface area contributed by atoms with Crippen LogP contribution in [0.4, 0.5) is 10.1 Å². The average molecular weight is 368 g/mol. The van der Waals surface area contributed by atoms with Crippen molar-refractivity contribution in [3.63, 3.8) is 0 Å². The van der Waals surface area contributed by atoms with Crippen molar-refractivity contribution in [3.8, 4) is 17.1 Å². The van der Waals surface area contributed by atoms with Gasteiger partial charge in [-0.05, 0) is 53.7 Å². The third-order valence-electron chi connectivity index (χ3n) is 4.69. The third-order valence-corrected chi connectivity index (χ3v) is 4.69. The zero-order valence-electron chi connectivity index (χ0n) is 15.1. The van der Waals surface area contributed by atoms with Crippen LogP contribution in [0.3, 0.4) is 0 Å². The van der Waals surface area contributed by atoms with E-state index < -0.39 is 0 Å². The van der Waals surface area contributed by atoms with Crippen LogP contribution in [0.25, 0.3) is 11.4 Å². The number of methoxy groups -OCH3 is 1. The molecule has 0 saturated carbocycles. The molecule has 0 N–H and O–H groups in total. The van der Waals surface area contributed by atoms with Crippen molar-refractivity contribution in [2.75, 3.05) is 38.2 Å². The van der Waals surface area contributed by atoms with Crippen molar-refractivity contribution in [2.45, 2.75) is 6.67 Å². The van der Waals surface area contributed by atoms with Gasteiger partial charge in [-0.3, -0.25) is 4.90 Å². The molecule has 1 saturated heterocycles. The zero-order chi connectivity index (χ0) is 18.6. The molecule has 27 heavy (non-hydrogen) atoms. The molecular formula is C19H21FN6O. The summed E-state index contributed by atoms with van der Waals surface area (Å²) in [6.45, 7) is 4.29. The molecule has 0 radical (unpaired) electrons. The second kappa shape index (κ2) is 7.71. The normalized spacial score (nSPS) is 15.1.